The van der Waals surface area contributed by atoms with E-state index in [2.05, 4.69) is 10.6 Å². The highest BCUT2D eigenvalue weighted by Crippen LogP contribution is 2.35. The Bertz CT molecular complexity index is 1230. The van der Waals surface area contributed by atoms with Crippen molar-refractivity contribution in [2.75, 3.05) is 11.9 Å². The number of aromatic hydroxyl groups is 1. The summed E-state index contributed by atoms with van der Waals surface area (Å²) in [5.41, 5.74) is 12.5. The van der Waals surface area contributed by atoms with Gasteiger partial charge in [0.1, 0.15) is 5.75 Å². The van der Waals surface area contributed by atoms with E-state index in [0.29, 0.717) is 31.5 Å². The average Bonchev–Trinajstić information content (AvgIpc) is 2.81. The van der Waals surface area contributed by atoms with Crippen LogP contribution >= 0.6 is 0 Å². The second-order valence-electron chi connectivity index (χ2n) is 9.22. The highest BCUT2D eigenvalue weighted by Gasteiger charge is 2.28. The molecular formula is C28H31N3O4. The van der Waals surface area contributed by atoms with Gasteiger partial charge < -0.3 is 26.6 Å². The van der Waals surface area contributed by atoms with Crippen LogP contribution in [0, 0.1) is 13.8 Å². The van der Waals surface area contributed by atoms with E-state index in [1.165, 1.54) is 0 Å². The van der Waals surface area contributed by atoms with Gasteiger partial charge in [-0.25, -0.2) is 4.79 Å². The zero-order chi connectivity index (χ0) is 25.1. The Morgan fingerprint density at radius 2 is 1.77 bits per heavy atom. The molecule has 0 saturated carbocycles. The summed E-state index contributed by atoms with van der Waals surface area (Å²) >= 11 is 0. The fraction of sp³-hybridized carbons (Fsp3) is 0.286. The van der Waals surface area contributed by atoms with Gasteiger partial charge in [-0.05, 0) is 84.7 Å². The standard InChI is InChI=1S/C28H31N3O4/c1-16-10-20(32)11-17(2)21(16)15-24(29)27(33)31-25-8-9-30-26-22(25)13-19(14-23(26)28(34)35)12-18-6-4-3-5-7-18/h3-7,10-11,13-14,24-25,30,32H,8-9,12,15,29H2,1-2H3,(H,31,33)(H,34,35)/t24-,25+/m0/s1. The van der Waals surface area contributed by atoms with Crippen LogP contribution in [0.2, 0.25) is 0 Å². The minimum atomic E-state index is -1.01. The minimum absolute atomic E-state index is 0.189. The third-order valence-corrected chi connectivity index (χ3v) is 6.58. The van der Waals surface area contributed by atoms with Crippen LogP contribution < -0.4 is 16.4 Å². The van der Waals surface area contributed by atoms with Crippen molar-refractivity contribution in [2.24, 2.45) is 5.73 Å². The first-order chi connectivity index (χ1) is 16.7. The molecule has 3 aromatic carbocycles. The number of fused-ring (bicyclic) bond motifs is 1. The number of anilines is 1. The molecule has 0 radical (unpaired) electrons. The molecule has 0 spiro atoms. The molecule has 182 valence electrons. The minimum Gasteiger partial charge on any atom is -0.508 e. The van der Waals surface area contributed by atoms with Crippen molar-refractivity contribution >= 4 is 17.6 Å². The van der Waals surface area contributed by atoms with Gasteiger partial charge in [0.25, 0.3) is 0 Å². The number of carbonyl (C=O) groups excluding carboxylic acids is 1. The lowest BCUT2D eigenvalue weighted by molar-refractivity contribution is -0.123. The molecule has 0 saturated heterocycles. The zero-order valence-corrected chi connectivity index (χ0v) is 20.0. The maximum Gasteiger partial charge on any atom is 0.337 e. The number of rotatable bonds is 7. The van der Waals surface area contributed by atoms with E-state index in [9.17, 15) is 19.8 Å². The summed E-state index contributed by atoms with van der Waals surface area (Å²) in [6.07, 6.45) is 1.56. The van der Waals surface area contributed by atoms with Crippen LogP contribution in [0.25, 0.3) is 0 Å². The summed E-state index contributed by atoms with van der Waals surface area (Å²) in [5.74, 6) is -1.11. The number of phenols is 1. The van der Waals surface area contributed by atoms with Crippen molar-refractivity contribution in [2.45, 2.75) is 45.2 Å². The van der Waals surface area contributed by atoms with Crippen molar-refractivity contribution in [1.82, 2.24) is 5.32 Å². The van der Waals surface area contributed by atoms with E-state index in [-0.39, 0.29) is 23.3 Å². The van der Waals surface area contributed by atoms with Crippen LogP contribution in [0.3, 0.4) is 0 Å². The van der Waals surface area contributed by atoms with Gasteiger partial charge in [0, 0.05) is 6.54 Å². The Morgan fingerprint density at radius 1 is 1.09 bits per heavy atom. The zero-order valence-electron chi connectivity index (χ0n) is 20.0. The molecular weight excluding hydrogens is 442 g/mol. The fourth-order valence-electron chi connectivity index (χ4n) is 4.83. The summed E-state index contributed by atoms with van der Waals surface area (Å²) in [4.78, 5) is 25.1. The van der Waals surface area contributed by atoms with Crippen LogP contribution in [0.1, 0.15) is 56.2 Å². The second-order valence-corrected chi connectivity index (χ2v) is 9.22. The number of aryl methyl sites for hydroxylation is 2. The third-order valence-electron chi connectivity index (χ3n) is 6.58. The van der Waals surface area contributed by atoms with Crippen molar-refractivity contribution in [3.63, 3.8) is 0 Å². The maximum atomic E-state index is 13.1. The lowest BCUT2D eigenvalue weighted by atomic mass is 9.90. The first-order valence-electron chi connectivity index (χ1n) is 11.8. The number of carboxylic acid groups (broad SMARTS) is 1. The molecule has 0 bridgehead atoms. The fourth-order valence-corrected chi connectivity index (χ4v) is 4.83. The number of hydrogen-bond donors (Lipinski definition) is 5. The van der Waals surface area contributed by atoms with Crippen LogP contribution in [0.4, 0.5) is 5.69 Å². The molecule has 1 amide bonds. The predicted molar refractivity (Wildman–Crippen MR) is 136 cm³/mol. The van der Waals surface area contributed by atoms with E-state index < -0.39 is 12.0 Å². The molecule has 7 nitrogen and oxygen atoms in total. The average molecular weight is 474 g/mol. The van der Waals surface area contributed by atoms with Crippen LogP contribution in [0.5, 0.6) is 5.75 Å². The summed E-state index contributed by atoms with van der Waals surface area (Å²) in [6, 6.07) is 15.7. The van der Waals surface area contributed by atoms with Crippen LogP contribution in [-0.2, 0) is 17.6 Å². The molecule has 4 rings (SSSR count). The van der Waals surface area contributed by atoms with Crippen LogP contribution in [-0.4, -0.2) is 34.7 Å². The number of benzene rings is 3. The molecule has 0 fully saturated rings. The molecule has 3 aromatic rings. The molecule has 2 atom stereocenters. The highest BCUT2D eigenvalue weighted by molar-refractivity contribution is 5.96. The molecule has 7 heteroatoms. The van der Waals surface area contributed by atoms with Gasteiger partial charge >= 0.3 is 5.97 Å². The number of carbonyl (C=O) groups is 2. The van der Waals surface area contributed by atoms with Crippen molar-refractivity contribution in [1.29, 1.82) is 0 Å². The lowest BCUT2D eigenvalue weighted by Gasteiger charge is -2.30. The molecule has 0 unspecified atom stereocenters. The first-order valence-corrected chi connectivity index (χ1v) is 11.8. The summed E-state index contributed by atoms with van der Waals surface area (Å²) in [7, 11) is 0. The largest absolute Gasteiger partial charge is 0.508 e. The predicted octanol–water partition coefficient (Wildman–Crippen LogP) is 3.84. The third kappa shape index (κ3) is 5.46. The monoisotopic (exact) mass is 473 g/mol. The van der Waals surface area contributed by atoms with Gasteiger partial charge in [-0.1, -0.05) is 36.4 Å². The number of nitrogens with one attached hydrogen (secondary N) is 2. The number of carboxylic acids is 1. The maximum absolute atomic E-state index is 13.1. The SMILES string of the molecule is Cc1cc(O)cc(C)c1C[C@H](N)C(=O)N[C@@H]1CCNc2c(C(=O)O)cc(Cc3ccccc3)cc21. The summed E-state index contributed by atoms with van der Waals surface area (Å²) < 4.78 is 0. The number of hydrogen-bond acceptors (Lipinski definition) is 5. The molecule has 1 heterocycles. The number of amides is 1. The molecule has 35 heavy (non-hydrogen) atoms. The van der Waals surface area contributed by atoms with Crippen molar-refractivity contribution in [3.8, 4) is 5.75 Å². The highest BCUT2D eigenvalue weighted by atomic mass is 16.4. The molecule has 1 aliphatic rings. The van der Waals surface area contributed by atoms with E-state index in [0.717, 1.165) is 33.4 Å². The van der Waals surface area contributed by atoms with Crippen molar-refractivity contribution in [3.05, 3.63) is 93.5 Å². The Kier molecular flexibility index (Phi) is 7.07. The lowest BCUT2D eigenvalue weighted by Crippen LogP contribution is -2.45. The van der Waals surface area contributed by atoms with Gasteiger partial charge in [0.15, 0.2) is 0 Å². The Hall–Kier alpha value is -3.84. The Labute approximate surface area is 205 Å². The summed E-state index contributed by atoms with van der Waals surface area (Å²) in [5, 5.41) is 25.9. The molecule has 6 N–H and O–H groups in total. The molecule has 0 aromatic heterocycles. The summed E-state index contributed by atoms with van der Waals surface area (Å²) in [6.45, 7) is 4.32. The van der Waals surface area contributed by atoms with Gasteiger partial charge in [0.05, 0.1) is 23.3 Å². The quantitative estimate of drug-likeness (QED) is 0.355. The smallest absolute Gasteiger partial charge is 0.337 e. The van der Waals surface area contributed by atoms with E-state index in [4.69, 9.17) is 5.73 Å². The molecule has 0 aliphatic carbocycles. The van der Waals surface area contributed by atoms with Gasteiger partial charge in [0.2, 0.25) is 5.91 Å². The van der Waals surface area contributed by atoms with Crippen LogP contribution in [0.15, 0.2) is 54.6 Å². The van der Waals surface area contributed by atoms with Gasteiger partial charge in [-0.15, -0.1) is 0 Å². The topological polar surface area (TPSA) is 125 Å². The van der Waals surface area contributed by atoms with Gasteiger partial charge in [-0.2, -0.15) is 0 Å². The van der Waals surface area contributed by atoms with E-state index >= 15 is 0 Å². The second kappa shape index (κ2) is 10.2. The number of phenolic OH excluding ortho intramolecular Hbond substituents is 1. The van der Waals surface area contributed by atoms with Gasteiger partial charge in [-0.3, -0.25) is 4.79 Å². The first kappa shape index (κ1) is 24.3. The number of aromatic carboxylic acids is 1. The number of nitrogens with two attached hydrogens (primary N) is 1. The Morgan fingerprint density at radius 3 is 2.43 bits per heavy atom. The van der Waals surface area contributed by atoms with E-state index in [1.807, 2.05) is 50.2 Å². The molecule has 1 aliphatic heterocycles. The Balaban J connectivity index is 1.58. The normalized spacial score (nSPS) is 15.6. The van der Waals surface area contributed by atoms with E-state index in [1.54, 1.807) is 18.2 Å². The van der Waals surface area contributed by atoms with Crippen molar-refractivity contribution < 1.29 is 19.8 Å².